The summed E-state index contributed by atoms with van der Waals surface area (Å²) >= 11 is 1.51. The Labute approximate surface area is 128 Å². The maximum Gasteiger partial charge on any atom is 0.273 e. The fourth-order valence-corrected chi connectivity index (χ4v) is 3.06. The number of nitrogens with zero attached hydrogens (tertiary/aromatic N) is 3. The lowest BCUT2D eigenvalue weighted by atomic mass is 10.2. The van der Waals surface area contributed by atoms with E-state index in [-0.39, 0.29) is 5.91 Å². The van der Waals surface area contributed by atoms with Crippen molar-refractivity contribution in [2.75, 3.05) is 36.8 Å². The minimum absolute atomic E-state index is 0.0382. The molecule has 1 amide bonds. The molecule has 21 heavy (non-hydrogen) atoms. The molecule has 1 fully saturated rings. The van der Waals surface area contributed by atoms with Gasteiger partial charge in [0.1, 0.15) is 5.69 Å². The van der Waals surface area contributed by atoms with Crippen molar-refractivity contribution in [2.45, 2.75) is 6.92 Å². The number of thiazole rings is 1. The van der Waals surface area contributed by atoms with Gasteiger partial charge in [-0.1, -0.05) is 0 Å². The molecule has 5 nitrogen and oxygen atoms in total. The summed E-state index contributed by atoms with van der Waals surface area (Å²) in [6, 6.07) is 7.86. The molecule has 6 heteroatoms. The minimum atomic E-state index is 0.0382. The van der Waals surface area contributed by atoms with Gasteiger partial charge < -0.3 is 15.5 Å². The molecule has 1 aromatic heterocycles. The molecular formula is C15H18N4OS. The first kappa shape index (κ1) is 13.9. The van der Waals surface area contributed by atoms with E-state index in [1.807, 2.05) is 41.5 Å². The summed E-state index contributed by atoms with van der Waals surface area (Å²) in [6.45, 7) is 5.03. The molecule has 110 valence electrons. The van der Waals surface area contributed by atoms with Crippen LogP contribution in [0.15, 0.2) is 29.6 Å². The summed E-state index contributed by atoms with van der Waals surface area (Å²) in [7, 11) is 0. The molecular weight excluding hydrogens is 284 g/mol. The van der Waals surface area contributed by atoms with Crippen molar-refractivity contribution in [2.24, 2.45) is 0 Å². The molecule has 0 spiro atoms. The monoisotopic (exact) mass is 302 g/mol. The largest absolute Gasteiger partial charge is 0.399 e. The van der Waals surface area contributed by atoms with Crippen molar-refractivity contribution < 1.29 is 4.79 Å². The van der Waals surface area contributed by atoms with Crippen LogP contribution in [0.2, 0.25) is 0 Å². The standard InChI is InChI=1S/C15H18N4OS/c1-11-17-14(10-21-11)15(20)19-8-6-18(7-9-19)13-4-2-12(16)3-5-13/h2-5,10H,6-9,16H2,1H3. The van der Waals surface area contributed by atoms with Crippen LogP contribution in [0.25, 0.3) is 0 Å². The van der Waals surface area contributed by atoms with E-state index in [1.165, 1.54) is 11.3 Å². The number of nitrogen functional groups attached to an aromatic ring is 1. The van der Waals surface area contributed by atoms with Gasteiger partial charge in [0.15, 0.2) is 0 Å². The average molecular weight is 302 g/mol. The van der Waals surface area contributed by atoms with Crippen LogP contribution in [0.4, 0.5) is 11.4 Å². The Bertz CT molecular complexity index is 629. The Morgan fingerprint density at radius 3 is 2.43 bits per heavy atom. The lowest BCUT2D eigenvalue weighted by Gasteiger charge is -2.35. The summed E-state index contributed by atoms with van der Waals surface area (Å²) in [5.41, 5.74) is 8.20. The summed E-state index contributed by atoms with van der Waals surface area (Å²) in [6.07, 6.45) is 0. The second-order valence-electron chi connectivity index (χ2n) is 5.12. The number of piperazine rings is 1. The van der Waals surface area contributed by atoms with Gasteiger partial charge in [-0.3, -0.25) is 4.79 Å². The first-order valence-corrected chi connectivity index (χ1v) is 7.83. The molecule has 0 radical (unpaired) electrons. The summed E-state index contributed by atoms with van der Waals surface area (Å²) in [5.74, 6) is 0.0382. The average Bonchev–Trinajstić information content (AvgIpc) is 2.94. The Morgan fingerprint density at radius 2 is 1.86 bits per heavy atom. The van der Waals surface area contributed by atoms with E-state index < -0.39 is 0 Å². The van der Waals surface area contributed by atoms with Crippen LogP contribution in [0, 0.1) is 6.92 Å². The van der Waals surface area contributed by atoms with Gasteiger partial charge in [-0.05, 0) is 31.2 Å². The highest BCUT2D eigenvalue weighted by Gasteiger charge is 2.23. The quantitative estimate of drug-likeness (QED) is 0.862. The normalized spacial score (nSPS) is 15.3. The van der Waals surface area contributed by atoms with E-state index in [1.54, 1.807) is 0 Å². The molecule has 3 rings (SSSR count). The molecule has 0 saturated carbocycles. The van der Waals surface area contributed by atoms with Crippen LogP contribution < -0.4 is 10.6 Å². The predicted molar refractivity (Wildman–Crippen MR) is 85.8 cm³/mol. The first-order chi connectivity index (χ1) is 10.1. The highest BCUT2D eigenvalue weighted by atomic mass is 32.1. The van der Waals surface area contributed by atoms with Crippen molar-refractivity contribution >= 4 is 28.6 Å². The van der Waals surface area contributed by atoms with Gasteiger partial charge in [-0.2, -0.15) is 0 Å². The fourth-order valence-electron chi connectivity index (χ4n) is 2.48. The summed E-state index contributed by atoms with van der Waals surface area (Å²) in [5, 5.41) is 2.77. The lowest BCUT2D eigenvalue weighted by molar-refractivity contribution is 0.0741. The van der Waals surface area contributed by atoms with Crippen LogP contribution in [0.5, 0.6) is 0 Å². The number of rotatable bonds is 2. The highest BCUT2D eigenvalue weighted by molar-refractivity contribution is 7.09. The van der Waals surface area contributed by atoms with Crippen LogP contribution in [0.1, 0.15) is 15.5 Å². The van der Waals surface area contributed by atoms with E-state index in [0.29, 0.717) is 5.69 Å². The zero-order valence-electron chi connectivity index (χ0n) is 12.0. The molecule has 1 aliphatic heterocycles. The zero-order chi connectivity index (χ0) is 14.8. The van der Waals surface area contributed by atoms with Crippen LogP contribution >= 0.6 is 11.3 Å². The second kappa shape index (κ2) is 5.73. The third-order valence-electron chi connectivity index (χ3n) is 3.66. The van der Waals surface area contributed by atoms with Crippen molar-refractivity contribution in [3.63, 3.8) is 0 Å². The number of aromatic nitrogens is 1. The topological polar surface area (TPSA) is 62.5 Å². The Balaban J connectivity index is 1.62. The van der Waals surface area contributed by atoms with Gasteiger partial charge in [0.05, 0.1) is 5.01 Å². The third-order valence-corrected chi connectivity index (χ3v) is 4.44. The van der Waals surface area contributed by atoms with Crippen molar-refractivity contribution in [1.29, 1.82) is 0 Å². The highest BCUT2D eigenvalue weighted by Crippen LogP contribution is 2.19. The van der Waals surface area contributed by atoms with E-state index in [9.17, 15) is 4.79 Å². The Hall–Kier alpha value is -2.08. The van der Waals surface area contributed by atoms with E-state index in [2.05, 4.69) is 9.88 Å². The van der Waals surface area contributed by atoms with Gasteiger partial charge in [-0.25, -0.2) is 4.98 Å². The van der Waals surface area contributed by atoms with Gasteiger partial charge in [0.2, 0.25) is 0 Å². The molecule has 1 saturated heterocycles. The summed E-state index contributed by atoms with van der Waals surface area (Å²) in [4.78, 5) is 20.8. The van der Waals surface area contributed by atoms with Crippen molar-refractivity contribution in [1.82, 2.24) is 9.88 Å². The van der Waals surface area contributed by atoms with Crippen LogP contribution in [-0.4, -0.2) is 42.0 Å². The van der Waals surface area contributed by atoms with Gasteiger partial charge in [-0.15, -0.1) is 11.3 Å². The number of nitrogens with two attached hydrogens (primary N) is 1. The predicted octanol–water partition coefficient (Wildman–Crippen LogP) is 2.00. The summed E-state index contributed by atoms with van der Waals surface area (Å²) < 4.78 is 0. The molecule has 0 bridgehead atoms. The van der Waals surface area contributed by atoms with E-state index >= 15 is 0 Å². The van der Waals surface area contributed by atoms with Gasteiger partial charge in [0.25, 0.3) is 5.91 Å². The third kappa shape index (κ3) is 3.00. The number of amides is 1. The SMILES string of the molecule is Cc1nc(C(=O)N2CCN(c3ccc(N)cc3)CC2)cs1. The Kier molecular flexibility index (Phi) is 3.79. The number of anilines is 2. The molecule has 1 aliphatic rings. The smallest absolute Gasteiger partial charge is 0.273 e. The molecule has 0 atom stereocenters. The lowest BCUT2D eigenvalue weighted by Crippen LogP contribution is -2.48. The van der Waals surface area contributed by atoms with E-state index in [4.69, 9.17) is 5.73 Å². The van der Waals surface area contributed by atoms with Gasteiger partial charge >= 0.3 is 0 Å². The molecule has 2 heterocycles. The molecule has 2 N–H and O–H groups in total. The number of hydrogen-bond donors (Lipinski definition) is 1. The van der Waals surface area contributed by atoms with E-state index in [0.717, 1.165) is 42.6 Å². The Morgan fingerprint density at radius 1 is 1.19 bits per heavy atom. The second-order valence-corrected chi connectivity index (χ2v) is 6.18. The van der Waals surface area contributed by atoms with Gasteiger partial charge in [0, 0.05) is 42.9 Å². The zero-order valence-corrected chi connectivity index (χ0v) is 12.8. The fraction of sp³-hybridized carbons (Fsp3) is 0.333. The number of hydrogen-bond acceptors (Lipinski definition) is 5. The van der Waals surface area contributed by atoms with Crippen LogP contribution in [-0.2, 0) is 0 Å². The number of carbonyl (C=O) groups is 1. The number of benzene rings is 1. The molecule has 2 aromatic rings. The van der Waals surface area contributed by atoms with Crippen LogP contribution in [0.3, 0.4) is 0 Å². The minimum Gasteiger partial charge on any atom is -0.399 e. The molecule has 0 aliphatic carbocycles. The van der Waals surface area contributed by atoms with Crippen molar-refractivity contribution in [3.05, 3.63) is 40.3 Å². The maximum absolute atomic E-state index is 12.3. The number of carbonyl (C=O) groups excluding carboxylic acids is 1. The number of aryl methyl sites for hydroxylation is 1. The van der Waals surface area contributed by atoms with Crippen molar-refractivity contribution in [3.8, 4) is 0 Å². The molecule has 1 aromatic carbocycles. The maximum atomic E-state index is 12.3. The first-order valence-electron chi connectivity index (χ1n) is 6.95. The molecule has 0 unspecified atom stereocenters.